The minimum Gasteiger partial charge on any atom is -0.501 e. The first-order chi connectivity index (χ1) is 23.4. The largest absolute Gasteiger partial charge is 0.501 e. The Hall–Kier alpha value is -4.93. The van der Waals surface area contributed by atoms with Crippen LogP contribution in [0.25, 0.3) is 66.7 Å². The van der Waals surface area contributed by atoms with Gasteiger partial charge in [0.2, 0.25) is 0 Å². The SMILES string of the molecule is Cc1cc(-c2[c-]cccc2)ncc1[Si](C)(C)C.[Ir].[c-]1cc(-c2ccccc2)c2c(oc3ccccc32)c1-c1cc(-c2ccccc2)ccn1. The summed E-state index contributed by atoms with van der Waals surface area (Å²) in [6.07, 6.45) is 3.91. The van der Waals surface area contributed by atoms with Crippen LogP contribution in [-0.2, 0) is 20.1 Å². The quantitative estimate of drug-likeness (QED) is 0.128. The monoisotopic (exact) mass is 829 g/mol. The minimum atomic E-state index is -1.27. The fourth-order valence-electron chi connectivity index (χ4n) is 6.23. The maximum atomic E-state index is 6.37. The molecule has 49 heavy (non-hydrogen) atoms. The van der Waals surface area contributed by atoms with Crippen LogP contribution in [0.4, 0.5) is 0 Å². The number of aromatic nitrogens is 2. The van der Waals surface area contributed by atoms with Crippen LogP contribution in [0.2, 0.25) is 19.6 Å². The van der Waals surface area contributed by atoms with Gasteiger partial charge in [-0.2, -0.15) is 0 Å². The van der Waals surface area contributed by atoms with Crippen molar-refractivity contribution in [2.24, 2.45) is 0 Å². The van der Waals surface area contributed by atoms with Gasteiger partial charge in [0.25, 0.3) is 0 Å². The molecule has 5 heteroatoms. The third-order valence-electron chi connectivity index (χ3n) is 8.56. The molecule has 0 saturated carbocycles. The Morgan fingerprint density at radius 2 is 1.35 bits per heavy atom. The fourth-order valence-corrected chi connectivity index (χ4v) is 7.93. The molecule has 0 spiro atoms. The molecule has 0 unspecified atom stereocenters. The number of furan rings is 1. The molecule has 0 aliphatic heterocycles. The van der Waals surface area contributed by atoms with E-state index >= 15 is 0 Å². The Balaban J connectivity index is 0.000000198. The van der Waals surface area contributed by atoms with Crippen LogP contribution in [0, 0.1) is 19.1 Å². The van der Waals surface area contributed by atoms with Gasteiger partial charge in [-0.1, -0.05) is 133 Å². The van der Waals surface area contributed by atoms with E-state index in [0.717, 1.165) is 66.7 Å². The van der Waals surface area contributed by atoms with Crippen molar-refractivity contribution in [3.63, 3.8) is 0 Å². The average molecular weight is 829 g/mol. The van der Waals surface area contributed by atoms with Gasteiger partial charge in [0.05, 0.1) is 13.7 Å². The van der Waals surface area contributed by atoms with Crippen LogP contribution in [0.5, 0.6) is 0 Å². The van der Waals surface area contributed by atoms with Crippen LogP contribution in [-0.4, -0.2) is 18.0 Å². The number of fused-ring (bicyclic) bond motifs is 3. The zero-order valence-electron chi connectivity index (χ0n) is 28.0. The van der Waals surface area contributed by atoms with Gasteiger partial charge < -0.3 is 14.4 Å². The number of hydrogen-bond acceptors (Lipinski definition) is 3. The van der Waals surface area contributed by atoms with E-state index in [-0.39, 0.29) is 20.1 Å². The Kier molecular flexibility index (Phi) is 10.2. The van der Waals surface area contributed by atoms with E-state index in [9.17, 15) is 0 Å². The summed E-state index contributed by atoms with van der Waals surface area (Å²) < 4.78 is 6.37. The Bertz CT molecular complexity index is 2330. The first-order valence-electron chi connectivity index (χ1n) is 16.2. The van der Waals surface area contributed by atoms with Crippen LogP contribution < -0.4 is 5.19 Å². The van der Waals surface area contributed by atoms with E-state index < -0.39 is 8.07 Å². The van der Waals surface area contributed by atoms with Crippen molar-refractivity contribution in [2.75, 3.05) is 0 Å². The summed E-state index contributed by atoms with van der Waals surface area (Å²) in [6.45, 7) is 9.24. The maximum Gasteiger partial charge on any atom is 0.120 e. The molecule has 8 rings (SSSR count). The second-order valence-electron chi connectivity index (χ2n) is 13.0. The van der Waals surface area contributed by atoms with Gasteiger partial charge in [-0.3, -0.25) is 0 Å². The molecule has 0 saturated heterocycles. The van der Waals surface area contributed by atoms with Crippen molar-refractivity contribution in [1.29, 1.82) is 0 Å². The van der Waals surface area contributed by atoms with E-state index in [1.54, 1.807) is 0 Å². The number of rotatable bonds is 5. The molecule has 0 atom stereocenters. The molecule has 1 radical (unpaired) electrons. The van der Waals surface area contributed by atoms with Crippen molar-refractivity contribution in [3.8, 4) is 44.8 Å². The van der Waals surface area contributed by atoms with Crippen LogP contribution >= 0.6 is 0 Å². The van der Waals surface area contributed by atoms with Gasteiger partial charge >= 0.3 is 0 Å². The first-order valence-corrected chi connectivity index (χ1v) is 19.7. The van der Waals surface area contributed by atoms with Gasteiger partial charge in [-0.25, -0.2) is 0 Å². The first kappa shape index (κ1) is 33.9. The van der Waals surface area contributed by atoms with E-state index in [1.165, 1.54) is 10.8 Å². The predicted octanol–water partition coefficient (Wildman–Crippen LogP) is 11.2. The number of nitrogens with zero attached hydrogens (tertiary/aromatic N) is 2. The van der Waals surface area contributed by atoms with Crippen LogP contribution in [0.3, 0.4) is 0 Å². The fraction of sp³-hybridized carbons (Fsp3) is 0.0909. The van der Waals surface area contributed by atoms with Gasteiger partial charge in [0.15, 0.2) is 0 Å². The Morgan fingerprint density at radius 3 is 2.04 bits per heavy atom. The zero-order valence-corrected chi connectivity index (χ0v) is 31.4. The molecule has 5 aromatic carbocycles. The van der Waals surface area contributed by atoms with Crippen LogP contribution in [0.1, 0.15) is 5.56 Å². The smallest absolute Gasteiger partial charge is 0.120 e. The summed E-state index contributed by atoms with van der Waals surface area (Å²) in [4.78, 5) is 9.25. The maximum absolute atomic E-state index is 6.37. The molecule has 0 N–H and O–H groups in total. The van der Waals surface area contributed by atoms with Crippen molar-refractivity contribution in [2.45, 2.75) is 26.6 Å². The molecular formula is C44H36IrN2OSi-2. The third-order valence-corrected chi connectivity index (χ3v) is 10.7. The molecule has 0 aliphatic carbocycles. The van der Waals surface area contributed by atoms with E-state index in [2.05, 4.69) is 128 Å². The second kappa shape index (κ2) is 14.7. The standard InChI is InChI=1S/C29H18NO.C15H18NSi.Ir/c1-3-9-20(10-4-1)22-17-18-30-26(19-22)24-16-15-23(21-11-5-2-6-12-21)28-25-13-7-8-14-27(25)31-29(24)28;1-12-10-14(13-8-6-5-7-9-13)16-11-15(12)17(2,3)4;/h1-15,17-19H;5-8,10-11H,1-4H3;/q2*-1;. The number of aryl methyl sites for hydroxylation is 1. The summed E-state index contributed by atoms with van der Waals surface area (Å²) in [5.74, 6) is 0. The molecule has 3 nitrogen and oxygen atoms in total. The summed E-state index contributed by atoms with van der Waals surface area (Å²) >= 11 is 0. The number of pyridine rings is 2. The normalized spacial score (nSPS) is 11.1. The third kappa shape index (κ3) is 7.25. The summed E-state index contributed by atoms with van der Waals surface area (Å²) in [7, 11) is -1.27. The number of hydrogen-bond donors (Lipinski definition) is 0. The number of benzene rings is 5. The Labute approximate surface area is 303 Å². The second-order valence-corrected chi connectivity index (χ2v) is 18.0. The molecule has 0 amide bonds. The molecule has 0 bridgehead atoms. The number of para-hydroxylation sites is 1. The average Bonchev–Trinajstić information content (AvgIpc) is 3.52. The van der Waals surface area contributed by atoms with E-state index in [1.807, 2.05) is 66.9 Å². The summed E-state index contributed by atoms with van der Waals surface area (Å²) in [6, 6.07) is 52.0. The molecule has 0 fully saturated rings. The molecular weight excluding hydrogens is 793 g/mol. The van der Waals surface area contributed by atoms with Gasteiger partial charge in [-0.05, 0) is 52.1 Å². The van der Waals surface area contributed by atoms with Crippen molar-refractivity contribution in [1.82, 2.24) is 9.97 Å². The molecule has 3 heterocycles. The zero-order chi connectivity index (χ0) is 33.1. The van der Waals surface area contributed by atoms with E-state index in [4.69, 9.17) is 4.42 Å². The summed E-state index contributed by atoms with van der Waals surface area (Å²) in [5, 5.41) is 3.64. The van der Waals surface area contributed by atoms with Gasteiger partial charge in [0.1, 0.15) is 5.58 Å². The van der Waals surface area contributed by atoms with Crippen molar-refractivity contribution >= 4 is 35.2 Å². The van der Waals surface area contributed by atoms with Gasteiger partial charge in [0, 0.05) is 37.9 Å². The Morgan fingerprint density at radius 1 is 0.653 bits per heavy atom. The van der Waals surface area contributed by atoms with Crippen molar-refractivity contribution in [3.05, 3.63) is 164 Å². The minimum absolute atomic E-state index is 0. The summed E-state index contributed by atoms with van der Waals surface area (Å²) in [5.41, 5.74) is 11.4. The van der Waals surface area contributed by atoms with Gasteiger partial charge in [-0.15, -0.1) is 48.0 Å². The van der Waals surface area contributed by atoms with E-state index in [0.29, 0.717) is 0 Å². The van der Waals surface area contributed by atoms with Crippen LogP contribution in [0.15, 0.2) is 150 Å². The molecule has 3 aromatic heterocycles. The predicted molar refractivity (Wildman–Crippen MR) is 203 cm³/mol. The van der Waals surface area contributed by atoms with Crippen molar-refractivity contribution < 1.29 is 24.5 Å². The molecule has 243 valence electrons. The molecule has 8 aromatic rings. The topological polar surface area (TPSA) is 38.9 Å². The molecule has 0 aliphatic rings.